The minimum atomic E-state index is -3.95. The van der Waals surface area contributed by atoms with Crippen LogP contribution in [-0.4, -0.2) is 62.2 Å². The molecule has 0 saturated heterocycles. The first kappa shape index (κ1) is 31.7. The number of anilines is 2. The summed E-state index contributed by atoms with van der Waals surface area (Å²) in [4.78, 5) is 15.4. The van der Waals surface area contributed by atoms with Crippen molar-refractivity contribution in [1.82, 2.24) is 4.90 Å². The SMILES string of the molecule is CCOP1(=O)N=C(C2=C(O)C(CCOCc3ccccc3)N(CCC(C)(C)C)C2=O)Nc2ccc(NS(C)(=O)=O)cc21. The minimum absolute atomic E-state index is 0.0509. The van der Waals surface area contributed by atoms with Crippen LogP contribution in [0.4, 0.5) is 11.4 Å². The van der Waals surface area contributed by atoms with Gasteiger partial charge in [-0.25, -0.2) is 8.42 Å². The maximum atomic E-state index is 14.0. The van der Waals surface area contributed by atoms with E-state index < -0.39 is 29.5 Å². The molecule has 2 aliphatic rings. The quantitative estimate of drug-likeness (QED) is 0.227. The number of carbonyl (C=O) groups is 1. The third-order valence-corrected chi connectivity index (χ3v) is 9.46. The first-order chi connectivity index (χ1) is 19.7. The van der Waals surface area contributed by atoms with Gasteiger partial charge >= 0.3 is 7.52 Å². The van der Waals surface area contributed by atoms with Gasteiger partial charge in [0, 0.05) is 18.8 Å². The van der Waals surface area contributed by atoms with Crippen molar-refractivity contribution in [2.75, 3.05) is 36.1 Å². The number of amides is 1. The van der Waals surface area contributed by atoms with Gasteiger partial charge in [-0.2, -0.15) is 4.76 Å². The highest BCUT2D eigenvalue weighted by Crippen LogP contribution is 2.52. The summed E-state index contributed by atoms with van der Waals surface area (Å²) in [6.45, 7) is 9.04. The van der Waals surface area contributed by atoms with Gasteiger partial charge in [0.25, 0.3) is 5.91 Å². The highest BCUT2D eigenvalue weighted by atomic mass is 32.2. The molecule has 2 aliphatic heterocycles. The van der Waals surface area contributed by atoms with Gasteiger partial charge in [0.05, 0.1) is 36.5 Å². The Bertz CT molecular complexity index is 1530. The van der Waals surface area contributed by atoms with E-state index in [0.29, 0.717) is 38.3 Å². The number of nitrogens with zero attached hydrogens (tertiary/aromatic N) is 2. The molecule has 0 saturated carbocycles. The van der Waals surface area contributed by atoms with E-state index in [-0.39, 0.29) is 40.2 Å². The molecular weight excluding hydrogens is 579 g/mol. The molecule has 2 heterocycles. The fourth-order valence-electron chi connectivity index (χ4n) is 4.77. The van der Waals surface area contributed by atoms with Crippen LogP contribution < -0.4 is 15.3 Å². The van der Waals surface area contributed by atoms with Crippen LogP contribution in [-0.2, 0) is 35.3 Å². The number of aliphatic hydroxyl groups excluding tert-OH is 1. The number of benzene rings is 2. The van der Waals surface area contributed by atoms with E-state index in [1.54, 1.807) is 11.8 Å². The van der Waals surface area contributed by atoms with Crippen LogP contribution in [0.3, 0.4) is 0 Å². The van der Waals surface area contributed by atoms with E-state index in [1.165, 1.54) is 18.2 Å². The Kier molecular flexibility index (Phi) is 9.52. The average Bonchev–Trinajstić information content (AvgIpc) is 3.13. The summed E-state index contributed by atoms with van der Waals surface area (Å²) in [5, 5.41) is 14.6. The Labute approximate surface area is 247 Å². The Morgan fingerprint density at radius 1 is 1.17 bits per heavy atom. The fraction of sp³-hybridized carbons (Fsp3) is 0.448. The van der Waals surface area contributed by atoms with Crippen molar-refractivity contribution in [1.29, 1.82) is 0 Å². The maximum Gasteiger partial charge on any atom is 0.348 e. The normalized spacial score (nSPS) is 20.8. The summed E-state index contributed by atoms with van der Waals surface area (Å²) in [5.41, 5.74) is 1.42. The average molecular weight is 619 g/mol. The summed E-state index contributed by atoms with van der Waals surface area (Å²) >= 11 is 0. The lowest BCUT2D eigenvalue weighted by atomic mass is 9.92. The van der Waals surface area contributed by atoms with Crippen molar-refractivity contribution in [2.45, 2.75) is 53.2 Å². The van der Waals surface area contributed by atoms with Crippen LogP contribution in [0, 0.1) is 5.41 Å². The second kappa shape index (κ2) is 12.6. The van der Waals surface area contributed by atoms with E-state index in [9.17, 15) is 22.9 Å². The van der Waals surface area contributed by atoms with E-state index >= 15 is 0 Å². The molecule has 0 spiro atoms. The van der Waals surface area contributed by atoms with Crippen molar-refractivity contribution >= 4 is 46.0 Å². The van der Waals surface area contributed by atoms with Crippen molar-refractivity contribution < 1.29 is 32.1 Å². The predicted molar refractivity (Wildman–Crippen MR) is 165 cm³/mol. The molecule has 42 heavy (non-hydrogen) atoms. The summed E-state index contributed by atoms with van der Waals surface area (Å²) in [7, 11) is -7.53. The van der Waals surface area contributed by atoms with E-state index in [0.717, 1.165) is 11.8 Å². The molecule has 11 nitrogen and oxygen atoms in total. The number of carbonyl (C=O) groups excluding carboxylic acids is 1. The third-order valence-electron chi connectivity index (χ3n) is 6.80. The van der Waals surface area contributed by atoms with Gasteiger partial charge < -0.3 is 24.6 Å². The van der Waals surface area contributed by atoms with E-state index in [1.807, 2.05) is 30.3 Å². The fourth-order valence-corrected chi connectivity index (χ4v) is 7.13. The maximum absolute atomic E-state index is 14.0. The molecule has 228 valence electrons. The Morgan fingerprint density at radius 2 is 1.88 bits per heavy atom. The second-order valence-corrected chi connectivity index (χ2v) is 15.3. The van der Waals surface area contributed by atoms with Crippen molar-refractivity contribution in [3.8, 4) is 0 Å². The molecule has 4 rings (SSSR count). The number of nitrogens with one attached hydrogen (secondary N) is 2. The van der Waals surface area contributed by atoms with Gasteiger partial charge in [-0.05, 0) is 48.9 Å². The number of fused-ring (bicyclic) bond motifs is 1. The lowest BCUT2D eigenvalue weighted by Crippen LogP contribution is -2.39. The van der Waals surface area contributed by atoms with Crippen LogP contribution in [0.5, 0.6) is 0 Å². The molecule has 13 heteroatoms. The zero-order valence-electron chi connectivity index (χ0n) is 24.6. The zero-order valence-corrected chi connectivity index (χ0v) is 26.3. The van der Waals surface area contributed by atoms with Crippen molar-refractivity contribution in [3.05, 3.63) is 65.4 Å². The molecule has 2 atom stereocenters. The molecule has 0 radical (unpaired) electrons. The Balaban J connectivity index is 1.65. The molecule has 1 amide bonds. The van der Waals surface area contributed by atoms with Crippen molar-refractivity contribution in [3.63, 3.8) is 0 Å². The molecule has 2 aromatic rings. The minimum Gasteiger partial charge on any atom is -0.509 e. The zero-order chi connectivity index (χ0) is 30.7. The summed E-state index contributed by atoms with van der Waals surface area (Å²) in [6.07, 6.45) is 2.06. The van der Waals surface area contributed by atoms with Gasteiger partial charge in [0.15, 0.2) is 5.84 Å². The highest BCUT2D eigenvalue weighted by Gasteiger charge is 2.44. The molecule has 2 unspecified atom stereocenters. The first-order valence-corrected chi connectivity index (χ1v) is 17.3. The lowest BCUT2D eigenvalue weighted by molar-refractivity contribution is -0.127. The monoisotopic (exact) mass is 618 g/mol. The van der Waals surface area contributed by atoms with Crippen LogP contribution in [0.2, 0.25) is 0 Å². The third kappa shape index (κ3) is 7.60. The highest BCUT2D eigenvalue weighted by molar-refractivity contribution is 7.92. The molecule has 2 aromatic carbocycles. The Morgan fingerprint density at radius 3 is 2.52 bits per heavy atom. The summed E-state index contributed by atoms with van der Waals surface area (Å²) in [6, 6.07) is 13.5. The predicted octanol–water partition coefficient (Wildman–Crippen LogP) is 4.80. The standard InChI is InChI=1S/C29H39N4O7PS/c1-6-40-41(36)24-18-21(32-42(5,37)38)12-13-22(24)30-27(31-41)25-26(34)23(33(28(25)35)16-15-29(2,3)4)14-17-39-19-20-10-8-7-9-11-20/h7-13,18,23,32,34H,6,14-17,19H2,1-5H3,(H,30,31,36). The van der Waals surface area contributed by atoms with Gasteiger partial charge in [0.2, 0.25) is 10.0 Å². The molecule has 0 fully saturated rings. The van der Waals surface area contributed by atoms with Crippen LogP contribution in [0.15, 0.2) is 64.6 Å². The van der Waals surface area contributed by atoms with Gasteiger partial charge in [-0.15, -0.1) is 0 Å². The topological polar surface area (TPSA) is 147 Å². The van der Waals surface area contributed by atoms with Gasteiger partial charge in [-0.1, -0.05) is 51.1 Å². The molecular formula is C29H39N4O7PS. The number of amidine groups is 1. The summed E-state index contributed by atoms with van der Waals surface area (Å²) in [5.74, 6) is -0.665. The second-order valence-electron chi connectivity index (χ2n) is 11.5. The lowest BCUT2D eigenvalue weighted by Gasteiger charge is -2.29. The molecule has 0 bridgehead atoms. The molecule has 0 aromatic heterocycles. The first-order valence-electron chi connectivity index (χ1n) is 13.8. The van der Waals surface area contributed by atoms with Gasteiger partial charge in [0.1, 0.15) is 11.3 Å². The van der Waals surface area contributed by atoms with E-state index in [2.05, 4.69) is 35.6 Å². The van der Waals surface area contributed by atoms with Crippen molar-refractivity contribution in [2.24, 2.45) is 10.2 Å². The number of hydrogen-bond donors (Lipinski definition) is 3. The number of rotatable bonds is 12. The summed E-state index contributed by atoms with van der Waals surface area (Å²) < 4.78 is 55.7. The Hall–Kier alpha value is -3.18. The smallest absolute Gasteiger partial charge is 0.348 e. The van der Waals surface area contributed by atoms with Crippen LogP contribution in [0.25, 0.3) is 0 Å². The number of aliphatic hydroxyl groups is 1. The molecule has 0 aliphatic carbocycles. The van der Waals surface area contributed by atoms with E-state index in [4.69, 9.17) is 9.26 Å². The molecule has 3 N–H and O–H groups in total. The van der Waals surface area contributed by atoms with Crippen LogP contribution >= 0.6 is 7.52 Å². The number of hydrogen-bond acceptors (Lipinski definition) is 8. The number of ether oxygens (including phenoxy) is 1. The van der Waals surface area contributed by atoms with Crippen LogP contribution in [0.1, 0.15) is 46.1 Å². The van der Waals surface area contributed by atoms with Gasteiger partial charge in [-0.3, -0.25) is 14.1 Å². The number of sulfonamides is 1. The largest absolute Gasteiger partial charge is 0.509 e.